The van der Waals surface area contributed by atoms with Crippen molar-refractivity contribution in [2.75, 3.05) is 13.2 Å². The summed E-state index contributed by atoms with van der Waals surface area (Å²) in [6, 6.07) is 8.60. The molecular weight excluding hydrogens is 380 g/mol. The highest BCUT2D eigenvalue weighted by Crippen LogP contribution is 2.12. The van der Waals surface area contributed by atoms with Gasteiger partial charge in [-0.25, -0.2) is 4.79 Å². The monoisotopic (exact) mass is 398 g/mol. The number of nitrogens with zero attached hydrogens (tertiary/aromatic N) is 5. The molecule has 1 N–H and O–H groups in total. The van der Waals surface area contributed by atoms with Gasteiger partial charge >= 0.3 is 17.5 Å². The van der Waals surface area contributed by atoms with Crippen molar-refractivity contribution in [2.24, 2.45) is 7.05 Å². The molecule has 2 aromatic heterocycles. The zero-order valence-corrected chi connectivity index (χ0v) is 15.6. The first kappa shape index (κ1) is 18.7. The Hall–Kier alpha value is -3.60. The van der Waals surface area contributed by atoms with E-state index in [1.54, 1.807) is 30.3 Å². The number of benzene rings is 1. The van der Waals surface area contributed by atoms with Crippen LogP contribution in [-0.4, -0.2) is 49.7 Å². The molecule has 11 nitrogen and oxygen atoms in total. The van der Waals surface area contributed by atoms with Crippen LogP contribution in [0.25, 0.3) is 17.2 Å². The van der Waals surface area contributed by atoms with Gasteiger partial charge in [0.1, 0.15) is 0 Å². The van der Waals surface area contributed by atoms with Gasteiger partial charge in [0.25, 0.3) is 5.56 Å². The van der Waals surface area contributed by atoms with Crippen molar-refractivity contribution in [3.63, 3.8) is 0 Å². The van der Waals surface area contributed by atoms with E-state index in [4.69, 9.17) is 9.26 Å². The quantitative estimate of drug-likeness (QED) is 0.629. The number of aromatic nitrogens is 5. The number of para-hydroxylation sites is 1. The second-order valence-electron chi connectivity index (χ2n) is 6.51. The summed E-state index contributed by atoms with van der Waals surface area (Å²) in [5.41, 5.74) is -1.07. The summed E-state index contributed by atoms with van der Waals surface area (Å²) >= 11 is 0. The average Bonchev–Trinajstić information content (AvgIpc) is 3.43. The molecule has 0 bridgehead atoms. The van der Waals surface area contributed by atoms with Crippen LogP contribution in [0, 0.1) is 0 Å². The molecule has 1 aromatic carbocycles. The van der Waals surface area contributed by atoms with Crippen molar-refractivity contribution >= 4 is 5.91 Å². The first-order valence-corrected chi connectivity index (χ1v) is 9.04. The molecule has 11 heteroatoms. The number of nitrogens with one attached hydrogen (secondary N) is 1. The third-order valence-corrected chi connectivity index (χ3v) is 4.52. The highest BCUT2D eigenvalue weighted by atomic mass is 16.5. The van der Waals surface area contributed by atoms with Gasteiger partial charge in [0.05, 0.1) is 11.8 Å². The first-order chi connectivity index (χ1) is 14.0. The van der Waals surface area contributed by atoms with E-state index in [2.05, 4.69) is 20.6 Å². The molecule has 0 radical (unpaired) electrons. The topological polar surface area (TPSA) is 134 Å². The Bertz CT molecular complexity index is 1140. The number of amides is 1. The van der Waals surface area contributed by atoms with Gasteiger partial charge in [0.15, 0.2) is 5.69 Å². The summed E-state index contributed by atoms with van der Waals surface area (Å²) in [5, 5.41) is 10.4. The van der Waals surface area contributed by atoms with Gasteiger partial charge in [-0.05, 0) is 25.0 Å². The Labute approximate surface area is 163 Å². The Morgan fingerprint density at radius 1 is 1.28 bits per heavy atom. The van der Waals surface area contributed by atoms with Gasteiger partial charge in [-0.2, -0.15) is 14.8 Å². The molecule has 4 rings (SSSR count). The highest BCUT2D eigenvalue weighted by molar-refractivity contribution is 5.89. The van der Waals surface area contributed by atoms with Crippen LogP contribution in [0.15, 0.2) is 44.4 Å². The number of hydrogen-bond acceptors (Lipinski definition) is 8. The lowest BCUT2D eigenvalue weighted by Crippen LogP contribution is -2.40. The number of hydrogen-bond donors (Lipinski definition) is 1. The lowest BCUT2D eigenvalue weighted by Gasteiger charge is -2.08. The zero-order chi connectivity index (χ0) is 20.4. The minimum absolute atomic E-state index is 0.0373. The minimum Gasteiger partial charge on any atom is -0.376 e. The van der Waals surface area contributed by atoms with Gasteiger partial charge in [-0.3, -0.25) is 14.2 Å². The fraction of sp³-hybridized carbons (Fsp3) is 0.333. The second-order valence-corrected chi connectivity index (χ2v) is 6.51. The van der Waals surface area contributed by atoms with Crippen molar-refractivity contribution in [2.45, 2.75) is 18.9 Å². The molecule has 29 heavy (non-hydrogen) atoms. The third kappa shape index (κ3) is 3.72. The van der Waals surface area contributed by atoms with Gasteiger partial charge < -0.3 is 14.6 Å². The first-order valence-electron chi connectivity index (χ1n) is 9.04. The van der Waals surface area contributed by atoms with Crippen LogP contribution in [0.2, 0.25) is 0 Å². The molecule has 0 aliphatic carbocycles. The third-order valence-electron chi connectivity index (χ3n) is 4.52. The number of rotatable bonds is 5. The molecule has 0 spiro atoms. The van der Waals surface area contributed by atoms with Crippen LogP contribution in [0.5, 0.6) is 0 Å². The van der Waals surface area contributed by atoms with Crippen LogP contribution in [0.3, 0.4) is 0 Å². The van der Waals surface area contributed by atoms with Gasteiger partial charge in [-0.1, -0.05) is 23.4 Å². The van der Waals surface area contributed by atoms with E-state index in [-0.39, 0.29) is 23.5 Å². The van der Waals surface area contributed by atoms with Crippen LogP contribution < -0.4 is 16.6 Å². The van der Waals surface area contributed by atoms with Crippen molar-refractivity contribution in [3.8, 4) is 17.2 Å². The van der Waals surface area contributed by atoms with Crippen LogP contribution in [0.4, 0.5) is 0 Å². The van der Waals surface area contributed by atoms with E-state index >= 15 is 0 Å². The molecule has 1 amide bonds. The van der Waals surface area contributed by atoms with Crippen molar-refractivity contribution in [1.82, 2.24) is 29.8 Å². The van der Waals surface area contributed by atoms with Crippen LogP contribution >= 0.6 is 0 Å². The van der Waals surface area contributed by atoms with Crippen LogP contribution in [0.1, 0.15) is 23.5 Å². The number of carbonyl (C=O) groups excluding carboxylic acids is 1. The van der Waals surface area contributed by atoms with E-state index in [9.17, 15) is 14.4 Å². The van der Waals surface area contributed by atoms with E-state index in [0.29, 0.717) is 18.8 Å². The Morgan fingerprint density at radius 3 is 2.79 bits per heavy atom. The Kier molecular flexibility index (Phi) is 5.04. The van der Waals surface area contributed by atoms with Gasteiger partial charge in [0.2, 0.25) is 5.82 Å². The zero-order valence-electron chi connectivity index (χ0n) is 15.6. The molecule has 3 aromatic rings. The summed E-state index contributed by atoms with van der Waals surface area (Å²) < 4.78 is 12.4. The highest BCUT2D eigenvalue weighted by Gasteiger charge is 2.23. The maximum Gasteiger partial charge on any atom is 0.351 e. The van der Waals surface area contributed by atoms with Crippen LogP contribution in [-0.2, 0) is 11.8 Å². The summed E-state index contributed by atoms with van der Waals surface area (Å²) in [6.07, 6.45) is 1.79. The maximum atomic E-state index is 12.5. The minimum atomic E-state index is -0.700. The van der Waals surface area contributed by atoms with Gasteiger partial charge in [0, 0.05) is 20.2 Å². The fourth-order valence-electron chi connectivity index (χ4n) is 2.95. The molecule has 1 aliphatic rings. The normalized spacial score (nSPS) is 16.1. The molecule has 1 fully saturated rings. The molecule has 0 unspecified atom stereocenters. The maximum absolute atomic E-state index is 12.5. The number of ether oxygens (including phenoxy) is 1. The summed E-state index contributed by atoms with van der Waals surface area (Å²) in [6.45, 7) is 1.01. The van der Waals surface area contributed by atoms with Crippen molar-refractivity contribution in [1.29, 1.82) is 0 Å². The summed E-state index contributed by atoms with van der Waals surface area (Å²) in [5.74, 6) is -1.07. The molecule has 1 atom stereocenters. The van der Waals surface area contributed by atoms with Gasteiger partial charge in [-0.15, -0.1) is 0 Å². The van der Waals surface area contributed by atoms with E-state index in [1.165, 1.54) is 7.05 Å². The summed E-state index contributed by atoms with van der Waals surface area (Å²) in [7, 11) is 1.32. The lowest BCUT2D eigenvalue weighted by molar-refractivity contribution is 0.0822. The fourth-order valence-corrected chi connectivity index (χ4v) is 2.95. The predicted octanol–water partition coefficient (Wildman–Crippen LogP) is -0.110. The van der Waals surface area contributed by atoms with E-state index < -0.39 is 17.2 Å². The van der Waals surface area contributed by atoms with E-state index in [1.807, 2.05) is 0 Å². The number of carbonyl (C=O) groups is 1. The lowest BCUT2D eigenvalue weighted by atomic mass is 10.2. The predicted molar refractivity (Wildman–Crippen MR) is 99.7 cm³/mol. The molecule has 1 aliphatic heterocycles. The molecule has 0 saturated carbocycles. The van der Waals surface area contributed by atoms with E-state index in [0.717, 1.165) is 22.1 Å². The van der Waals surface area contributed by atoms with Crippen molar-refractivity contribution < 1.29 is 14.1 Å². The standard InChI is InChI=1S/C18H18N6O5/c1-23-17(26)13(21-24(18(23)27)11-6-3-2-4-7-11)14-20-16(29-22-14)15(25)19-10-12-8-5-9-28-12/h2-4,6-7,12H,5,8-10H2,1H3,(H,19,25)/t12-/m0/s1. The summed E-state index contributed by atoms with van der Waals surface area (Å²) in [4.78, 5) is 41.1. The molecule has 150 valence electrons. The molecule has 3 heterocycles. The second kappa shape index (κ2) is 7.80. The smallest absolute Gasteiger partial charge is 0.351 e. The Balaban J connectivity index is 1.63. The van der Waals surface area contributed by atoms with Crippen molar-refractivity contribution in [3.05, 3.63) is 57.1 Å². The largest absolute Gasteiger partial charge is 0.376 e. The average molecular weight is 398 g/mol. The Morgan fingerprint density at radius 2 is 2.07 bits per heavy atom. The molecular formula is C18H18N6O5. The molecule has 1 saturated heterocycles. The SMILES string of the molecule is Cn1c(=O)c(-c2noc(C(=O)NC[C@@H]3CCCO3)n2)nn(-c2ccccc2)c1=O.